The summed E-state index contributed by atoms with van der Waals surface area (Å²) in [5.74, 6) is 0.801. The van der Waals surface area contributed by atoms with Crippen LogP contribution in [-0.2, 0) is 0 Å². The average molecular weight is 451 g/mol. The number of carbonyl (C=O) groups is 2. The summed E-state index contributed by atoms with van der Waals surface area (Å²) in [5, 5.41) is 12.6. The molecule has 0 fully saturated rings. The molecule has 7 heteroatoms. The molecule has 1 heterocycles. The van der Waals surface area contributed by atoms with Crippen molar-refractivity contribution in [1.29, 1.82) is 0 Å². The quantitative estimate of drug-likeness (QED) is 0.163. The SMILES string of the molecule is O=C(COc1ccc(/C=C2\Oc3ccc4ccccc4c3C2=O)cc1)c1ccc([N+](=O)[O-])cc1. The first kappa shape index (κ1) is 21.1. The van der Waals surface area contributed by atoms with Crippen LogP contribution in [-0.4, -0.2) is 23.1 Å². The number of ether oxygens (including phenoxy) is 2. The maximum Gasteiger partial charge on any atom is 0.269 e. The normalized spacial score (nSPS) is 13.5. The van der Waals surface area contributed by atoms with E-state index >= 15 is 0 Å². The maximum atomic E-state index is 13.0. The number of nitrogens with zero attached hydrogens (tertiary/aromatic N) is 1. The summed E-state index contributed by atoms with van der Waals surface area (Å²) in [4.78, 5) is 35.4. The van der Waals surface area contributed by atoms with Gasteiger partial charge in [-0.1, -0.05) is 42.5 Å². The second-order valence-electron chi connectivity index (χ2n) is 7.68. The van der Waals surface area contributed by atoms with Gasteiger partial charge in [0.25, 0.3) is 5.69 Å². The molecule has 1 aliphatic rings. The van der Waals surface area contributed by atoms with Crippen LogP contribution < -0.4 is 9.47 Å². The van der Waals surface area contributed by atoms with E-state index in [2.05, 4.69) is 0 Å². The molecule has 0 saturated heterocycles. The number of ketones is 2. The molecule has 166 valence electrons. The Morgan fingerprint density at radius 1 is 0.941 bits per heavy atom. The molecular weight excluding hydrogens is 434 g/mol. The lowest BCUT2D eigenvalue weighted by Gasteiger charge is -2.06. The number of allylic oxidation sites excluding steroid dienone is 1. The van der Waals surface area contributed by atoms with Crippen molar-refractivity contribution in [3.8, 4) is 11.5 Å². The summed E-state index contributed by atoms with van der Waals surface area (Å²) in [7, 11) is 0. The number of nitro groups is 1. The van der Waals surface area contributed by atoms with Crippen molar-refractivity contribution in [3.63, 3.8) is 0 Å². The molecule has 0 radical (unpaired) electrons. The molecule has 0 bridgehead atoms. The average Bonchev–Trinajstić information content (AvgIpc) is 3.19. The van der Waals surface area contributed by atoms with Crippen LogP contribution in [0.15, 0.2) is 90.7 Å². The topological polar surface area (TPSA) is 95.7 Å². The van der Waals surface area contributed by atoms with Crippen LogP contribution in [0, 0.1) is 10.1 Å². The number of carbonyl (C=O) groups excluding carboxylic acids is 2. The van der Waals surface area contributed by atoms with Crippen molar-refractivity contribution in [2.24, 2.45) is 0 Å². The number of rotatable bonds is 6. The fourth-order valence-electron chi connectivity index (χ4n) is 3.77. The molecule has 0 spiro atoms. The van der Waals surface area contributed by atoms with Gasteiger partial charge < -0.3 is 9.47 Å². The van der Waals surface area contributed by atoms with Gasteiger partial charge in [0.15, 0.2) is 18.1 Å². The third-order valence-electron chi connectivity index (χ3n) is 5.51. The monoisotopic (exact) mass is 451 g/mol. The first-order valence-corrected chi connectivity index (χ1v) is 10.5. The van der Waals surface area contributed by atoms with Crippen molar-refractivity contribution in [2.75, 3.05) is 6.61 Å². The molecule has 0 unspecified atom stereocenters. The minimum absolute atomic E-state index is 0.0804. The molecule has 34 heavy (non-hydrogen) atoms. The van der Waals surface area contributed by atoms with E-state index in [1.54, 1.807) is 36.4 Å². The summed E-state index contributed by atoms with van der Waals surface area (Å²) < 4.78 is 11.3. The number of nitro benzene ring substituents is 1. The van der Waals surface area contributed by atoms with E-state index in [0.717, 1.165) is 16.3 Å². The van der Waals surface area contributed by atoms with Crippen LogP contribution in [0.5, 0.6) is 11.5 Å². The molecule has 0 atom stereocenters. The minimum atomic E-state index is -0.521. The number of hydrogen-bond acceptors (Lipinski definition) is 6. The summed E-state index contributed by atoms with van der Waals surface area (Å²) in [5.41, 5.74) is 1.56. The second-order valence-corrected chi connectivity index (χ2v) is 7.68. The van der Waals surface area contributed by atoms with Crippen molar-refractivity contribution < 1.29 is 24.0 Å². The van der Waals surface area contributed by atoms with E-state index in [1.807, 2.05) is 30.3 Å². The van der Waals surface area contributed by atoms with Gasteiger partial charge in [-0.15, -0.1) is 0 Å². The van der Waals surface area contributed by atoms with Crippen LogP contribution >= 0.6 is 0 Å². The minimum Gasteiger partial charge on any atom is -0.485 e. The lowest BCUT2D eigenvalue weighted by molar-refractivity contribution is -0.384. The van der Waals surface area contributed by atoms with Crippen LogP contribution in [0.2, 0.25) is 0 Å². The van der Waals surface area contributed by atoms with Crippen molar-refractivity contribution >= 4 is 34.1 Å². The van der Waals surface area contributed by atoms with E-state index in [-0.39, 0.29) is 29.6 Å². The molecule has 7 nitrogen and oxygen atoms in total. The van der Waals surface area contributed by atoms with Crippen molar-refractivity contribution in [3.05, 3.63) is 117 Å². The summed E-state index contributed by atoms with van der Waals surface area (Å²) in [6.45, 7) is -0.206. The number of benzene rings is 4. The molecule has 0 aromatic heterocycles. The van der Waals surface area contributed by atoms with Crippen molar-refractivity contribution in [1.82, 2.24) is 0 Å². The van der Waals surface area contributed by atoms with Gasteiger partial charge in [-0.25, -0.2) is 0 Å². The van der Waals surface area contributed by atoms with E-state index in [1.165, 1.54) is 24.3 Å². The third kappa shape index (κ3) is 4.02. The summed E-state index contributed by atoms with van der Waals surface area (Å²) >= 11 is 0. The third-order valence-corrected chi connectivity index (χ3v) is 5.51. The molecule has 0 saturated carbocycles. The number of Topliss-reactive ketones (excluding diaryl/α,β-unsaturated/α-hetero) is 2. The van der Waals surface area contributed by atoms with E-state index in [0.29, 0.717) is 22.6 Å². The van der Waals surface area contributed by atoms with E-state index in [4.69, 9.17) is 9.47 Å². The van der Waals surface area contributed by atoms with Gasteiger partial charge in [0.2, 0.25) is 5.78 Å². The van der Waals surface area contributed by atoms with Gasteiger partial charge in [0.05, 0.1) is 10.5 Å². The zero-order valence-corrected chi connectivity index (χ0v) is 17.8. The van der Waals surface area contributed by atoms with Crippen LogP contribution in [0.25, 0.3) is 16.8 Å². The van der Waals surface area contributed by atoms with Crippen LogP contribution in [0.4, 0.5) is 5.69 Å². The second kappa shape index (κ2) is 8.63. The van der Waals surface area contributed by atoms with Crippen LogP contribution in [0.3, 0.4) is 0 Å². The molecule has 0 amide bonds. The Bertz CT molecular complexity index is 1470. The lowest BCUT2D eigenvalue weighted by atomic mass is 10.0. The summed E-state index contributed by atoms with van der Waals surface area (Å²) in [6.07, 6.45) is 1.67. The first-order chi connectivity index (χ1) is 16.5. The fourth-order valence-corrected chi connectivity index (χ4v) is 3.77. The fraction of sp³-hybridized carbons (Fsp3) is 0.0370. The smallest absolute Gasteiger partial charge is 0.269 e. The number of non-ortho nitro benzene ring substituents is 1. The predicted octanol–water partition coefficient (Wildman–Crippen LogP) is 5.63. The van der Waals surface area contributed by atoms with Gasteiger partial charge in [0.1, 0.15) is 11.5 Å². The molecule has 1 aliphatic heterocycles. The Kier molecular flexibility index (Phi) is 5.35. The summed E-state index contributed by atoms with van der Waals surface area (Å²) in [6, 6.07) is 23.7. The highest BCUT2D eigenvalue weighted by molar-refractivity contribution is 6.21. The largest absolute Gasteiger partial charge is 0.485 e. The molecule has 5 rings (SSSR count). The molecule has 0 aliphatic carbocycles. The highest BCUT2D eigenvalue weighted by atomic mass is 16.6. The lowest BCUT2D eigenvalue weighted by Crippen LogP contribution is -2.11. The zero-order chi connectivity index (χ0) is 23.7. The highest BCUT2D eigenvalue weighted by Gasteiger charge is 2.29. The Morgan fingerprint density at radius 3 is 2.41 bits per heavy atom. The standard InChI is InChI=1S/C27H17NO6/c29-23(19-7-10-20(11-8-19)28(31)32)16-33-21-12-5-17(6-13-21)15-25-27(30)26-22-4-2-1-3-18(22)9-14-24(26)34-25/h1-15H,16H2/b25-15-. The molecule has 4 aromatic carbocycles. The Hall–Kier alpha value is -4.78. The van der Waals surface area contributed by atoms with Gasteiger partial charge in [0, 0.05) is 17.7 Å². The van der Waals surface area contributed by atoms with Gasteiger partial charge in [-0.3, -0.25) is 19.7 Å². The van der Waals surface area contributed by atoms with Crippen LogP contribution in [0.1, 0.15) is 26.3 Å². The Balaban J connectivity index is 1.26. The van der Waals surface area contributed by atoms with Gasteiger partial charge >= 0.3 is 0 Å². The number of hydrogen-bond donors (Lipinski definition) is 0. The van der Waals surface area contributed by atoms with Gasteiger partial charge in [-0.05, 0) is 52.7 Å². The van der Waals surface area contributed by atoms with Crippen molar-refractivity contribution in [2.45, 2.75) is 0 Å². The Morgan fingerprint density at radius 2 is 1.68 bits per heavy atom. The predicted molar refractivity (Wildman–Crippen MR) is 126 cm³/mol. The molecular formula is C27H17NO6. The Labute approximate surface area is 194 Å². The number of fused-ring (bicyclic) bond motifs is 3. The zero-order valence-electron chi connectivity index (χ0n) is 17.8. The molecule has 4 aromatic rings. The maximum absolute atomic E-state index is 13.0. The molecule has 0 N–H and O–H groups in total. The highest BCUT2D eigenvalue weighted by Crippen LogP contribution is 2.37. The van der Waals surface area contributed by atoms with Gasteiger partial charge in [-0.2, -0.15) is 0 Å². The van der Waals surface area contributed by atoms with E-state index in [9.17, 15) is 19.7 Å². The van der Waals surface area contributed by atoms with E-state index < -0.39 is 4.92 Å². The first-order valence-electron chi connectivity index (χ1n) is 10.5.